The van der Waals surface area contributed by atoms with Gasteiger partial charge >= 0.3 is 0 Å². The van der Waals surface area contributed by atoms with Gasteiger partial charge in [-0.1, -0.05) is 25.8 Å². The molecule has 0 spiro atoms. The molecular formula is C28H31FN6O3. The summed E-state index contributed by atoms with van der Waals surface area (Å²) in [5.74, 6) is 2.21. The highest BCUT2D eigenvalue weighted by Gasteiger charge is 2.52. The minimum Gasteiger partial charge on any atom is -0.507 e. The molecule has 0 unspecified atom stereocenters. The second-order valence-corrected chi connectivity index (χ2v) is 11.4. The first-order chi connectivity index (χ1) is 18.5. The molecule has 3 aromatic rings. The van der Waals surface area contributed by atoms with E-state index in [0.29, 0.717) is 65.4 Å². The average Bonchev–Trinajstić information content (AvgIpc) is 3.77. The van der Waals surface area contributed by atoms with Crippen LogP contribution in [-0.2, 0) is 0 Å². The summed E-state index contributed by atoms with van der Waals surface area (Å²) in [4.78, 5) is 15.4. The van der Waals surface area contributed by atoms with Crippen LogP contribution in [0.15, 0.2) is 30.6 Å². The smallest absolute Gasteiger partial charge is 0.278 e. The van der Waals surface area contributed by atoms with Gasteiger partial charge in [-0.3, -0.25) is 0 Å². The molecule has 3 fully saturated rings. The van der Waals surface area contributed by atoms with Crippen LogP contribution < -0.4 is 14.4 Å². The first kappa shape index (κ1) is 23.5. The van der Waals surface area contributed by atoms with Gasteiger partial charge in [0, 0.05) is 17.0 Å². The van der Waals surface area contributed by atoms with Crippen molar-refractivity contribution >= 4 is 5.82 Å². The number of rotatable bonds is 5. The zero-order valence-electron chi connectivity index (χ0n) is 21.4. The Kier molecular flexibility index (Phi) is 5.59. The third-order valence-corrected chi connectivity index (χ3v) is 8.61. The van der Waals surface area contributed by atoms with Gasteiger partial charge in [-0.25, -0.2) is 19.3 Å². The monoisotopic (exact) mass is 518 g/mol. The largest absolute Gasteiger partial charge is 0.507 e. The van der Waals surface area contributed by atoms with Crippen LogP contribution in [0.4, 0.5) is 10.2 Å². The lowest BCUT2D eigenvalue weighted by Gasteiger charge is -2.52. The minimum absolute atomic E-state index is 0.00430. The summed E-state index contributed by atoms with van der Waals surface area (Å²) in [6.07, 6.45) is 9.57. The Morgan fingerprint density at radius 1 is 1.05 bits per heavy atom. The number of hydrogen-bond acceptors (Lipinski definition) is 9. The van der Waals surface area contributed by atoms with E-state index >= 15 is 4.39 Å². The van der Waals surface area contributed by atoms with E-state index in [1.165, 1.54) is 6.42 Å². The minimum atomic E-state index is -0.888. The van der Waals surface area contributed by atoms with Crippen LogP contribution in [0.1, 0.15) is 51.9 Å². The topological polar surface area (TPSA) is 106 Å². The van der Waals surface area contributed by atoms with E-state index in [1.54, 1.807) is 24.5 Å². The molecule has 4 atom stereocenters. The third-order valence-electron chi connectivity index (χ3n) is 8.61. The van der Waals surface area contributed by atoms with E-state index in [4.69, 9.17) is 9.47 Å². The fourth-order valence-corrected chi connectivity index (χ4v) is 6.63. The number of alkyl halides is 1. The highest BCUT2D eigenvalue weighted by atomic mass is 19.1. The van der Waals surface area contributed by atoms with Crippen LogP contribution in [0.2, 0.25) is 0 Å². The molecule has 0 radical (unpaired) electrons. The Labute approximate surface area is 220 Å². The van der Waals surface area contributed by atoms with Crippen LogP contribution in [0.3, 0.4) is 0 Å². The van der Waals surface area contributed by atoms with Gasteiger partial charge in [-0.15, -0.1) is 10.2 Å². The van der Waals surface area contributed by atoms with Gasteiger partial charge in [-0.05, 0) is 50.2 Å². The molecule has 1 aliphatic heterocycles. The number of aromatic hydroxyl groups is 1. The first-order valence-electron chi connectivity index (χ1n) is 13.6. The molecule has 3 heterocycles. The summed E-state index contributed by atoms with van der Waals surface area (Å²) in [7, 11) is 0. The van der Waals surface area contributed by atoms with Gasteiger partial charge in [0.1, 0.15) is 25.1 Å². The van der Waals surface area contributed by atoms with E-state index in [1.807, 2.05) is 6.07 Å². The molecule has 0 amide bonds. The quantitative estimate of drug-likeness (QED) is 0.512. The number of phenolic OH excluding ortho intramolecular Hbond substituents is 1. The van der Waals surface area contributed by atoms with Gasteiger partial charge in [0.25, 0.3) is 11.8 Å². The lowest BCUT2D eigenvalue weighted by atomic mass is 9.60. The number of nitrogens with zero attached hydrogens (tertiary/aromatic N) is 6. The van der Waals surface area contributed by atoms with Crippen molar-refractivity contribution in [3.63, 3.8) is 0 Å². The van der Waals surface area contributed by atoms with E-state index in [0.717, 1.165) is 38.5 Å². The Morgan fingerprint density at radius 2 is 1.89 bits per heavy atom. The standard InChI is InChI=1S/C28H31FN6O3/c1-28-8-2-3-16(13-28)11-21(24(28)29)35(18-5-6-18)23-15-30-25(34-33-23)19-7-4-17(12-22(19)36)20-14-31-26-27(32-20)38-10-9-37-26/h4,7,12,14-16,18,21,24,36H,2-3,5-6,8-11,13H2,1H3/t16-,21-,24-,28-/m0/s1. The number of phenols is 1. The maximum Gasteiger partial charge on any atom is 0.278 e. The molecule has 2 aromatic heterocycles. The fourth-order valence-electron chi connectivity index (χ4n) is 6.63. The summed E-state index contributed by atoms with van der Waals surface area (Å²) in [5, 5.41) is 19.7. The molecule has 4 aliphatic rings. The molecule has 3 aliphatic carbocycles. The molecule has 2 bridgehead atoms. The Morgan fingerprint density at radius 3 is 2.66 bits per heavy atom. The predicted molar refractivity (Wildman–Crippen MR) is 138 cm³/mol. The van der Waals surface area contributed by atoms with Crippen molar-refractivity contribution in [1.29, 1.82) is 0 Å². The third kappa shape index (κ3) is 4.10. The second-order valence-electron chi connectivity index (χ2n) is 11.4. The number of halogens is 1. The Balaban J connectivity index is 1.14. The predicted octanol–water partition coefficient (Wildman–Crippen LogP) is 4.75. The van der Waals surface area contributed by atoms with E-state index in [9.17, 15) is 5.11 Å². The Hall–Kier alpha value is -3.56. The highest BCUT2D eigenvalue weighted by Crippen LogP contribution is 2.52. The number of hydrogen-bond donors (Lipinski definition) is 1. The van der Waals surface area contributed by atoms with Crippen molar-refractivity contribution in [2.75, 3.05) is 18.1 Å². The molecular weight excluding hydrogens is 487 g/mol. The molecule has 0 saturated heterocycles. The number of anilines is 1. The van der Waals surface area contributed by atoms with Gasteiger partial charge < -0.3 is 19.5 Å². The second kappa shape index (κ2) is 9.03. The summed E-state index contributed by atoms with van der Waals surface area (Å²) < 4.78 is 26.9. The Bertz CT molecular complexity index is 1350. The van der Waals surface area contributed by atoms with Crippen molar-refractivity contribution in [2.24, 2.45) is 11.3 Å². The molecule has 1 aromatic carbocycles. The number of ether oxygens (including phenoxy) is 2. The fraction of sp³-hybridized carbons (Fsp3) is 0.536. The van der Waals surface area contributed by atoms with Crippen LogP contribution in [0.25, 0.3) is 22.6 Å². The van der Waals surface area contributed by atoms with Gasteiger partial charge in [0.2, 0.25) is 0 Å². The maximum absolute atomic E-state index is 15.9. The summed E-state index contributed by atoms with van der Waals surface area (Å²) in [6, 6.07) is 5.26. The van der Waals surface area contributed by atoms with Crippen molar-refractivity contribution < 1.29 is 19.0 Å². The molecule has 10 heteroatoms. The molecule has 38 heavy (non-hydrogen) atoms. The summed E-state index contributed by atoms with van der Waals surface area (Å²) in [5.41, 5.74) is 1.43. The summed E-state index contributed by atoms with van der Waals surface area (Å²) in [6.45, 7) is 2.98. The summed E-state index contributed by atoms with van der Waals surface area (Å²) >= 11 is 0. The SMILES string of the molecule is C[C@@]12CCC[C@@H](C[C@H](N(c3cnc(-c4ccc(-c5cnc6c(n5)OCCO6)cc4O)nn3)C3CC3)[C@@H]1F)C2. The van der Waals surface area contributed by atoms with Crippen molar-refractivity contribution in [3.8, 4) is 40.2 Å². The molecule has 9 nitrogen and oxygen atoms in total. The number of aromatic nitrogens is 5. The lowest BCUT2D eigenvalue weighted by molar-refractivity contribution is -0.0125. The molecule has 1 N–H and O–H groups in total. The van der Waals surface area contributed by atoms with Crippen molar-refractivity contribution in [1.82, 2.24) is 25.1 Å². The van der Waals surface area contributed by atoms with Gasteiger partial charge in [0.15, 0.2) is 11.6 Å². The van der Waals surface area contributed by atoms with Crippen LogP contribution in [-0.4, -0.2) is 61.7 Å². The highest BCUT2D eigenvalue weighted by molar-refractivity contribution is 5.71. The molecule has 7 rings (SSSR count). The van der Waals surface area contributed by atoms with Crippen molar-refractivity contribution in [2.45, 2.75) is 70.1 Å². The molecule has 3 saturated carbocycles. The molecule has 198 valence electrons. The van der Waals surface area contributed by atoms with E-state index in [2.05, 4.69) is 37.0 Å². The van der Waals surface area contributed by atoms with E-state index < -0.39 is 6.17 Å². The maximum atomic E-state index is 15.9. The van der Waals surface area contributed by atoms with Crippen LogP contribution >= 0.6 is 0 Å². The van der Waals surface area contributed by atoms with Gasteiger partial charge in [-0.2, -0.15) is 0 Å². The lowest BCUT2D eigenvalue weighted by Crippen LogP contribution is -2.56. The number of fused-ring (bicyclic) bond motifs is 3. The normalized spacial score (nSPS) is 28.1. The van der Waals surface area contributed by atoms with Gasteiger partial charge in [0.05, 0.1) is 29.7 Å². The zero-order valence-corrected chi connectivity index (χ0v) is 21.4. The first-order valence-corrected chi connectivity index (χ1v) is 13.6. The van der Waals surface area contributed by atoms with Crippen molar-refractivity contribution in [3.05, 3.63) is 30.6 Å². The van der Waals surface area contributed by atoms with Crippen LogP contribution in [0.5, 0.6) is 17.5 Å². The van der Waals surface area contributed by atoms with Crippen LogP contribution in [0, 0.1) is 11.3 Å². The average molecular weight is 519 g/mol. The zero-order chi connectivity index (χ0) is 25.9. The number of benzene rings is 1. The van der Waals surface area contributed by atoms with E-state index in [-0.39, 0.29) is 17.2 Å².